The molecule has 1 N–H and O–H groups in total. The number of benzene rings is 1. The van der Waals surface area contributed by atoms with Gasteiger partial charge in [0.15, 0.2) is 0 Å². The van der Waals surface area contributed by atoms with Crippen LogP contribution in [0.2, 0.25) is 0 Å². The second kappa shape index (κ2) is 6.14. The van der Waals surface area contributed by atoms with Crippen LogP contribution in [0.3, 0.4) is 0 Å². The number of halogens is 5. The van der Waals surface area contributed by atoms with E-state index in [0.29, 0.717) is 16.8 Å². The van der Waals surface area contributed by atoms with Crippen molar-refractivity contribution in [3.8, 4) is 11.1 Å². The Hall–Kier alpha value is -2.00. The van der Waals surface area contributed by atoms with Gasteiger partial charge >= 0.3 is 0 Å². The normalized spacial score (nSPS) is 20.0. The van der Waals surface area contributed by atoms with Gasteiger partial charge in [-0.15, -0.1) is 0 Å². The summed E-state index contributed by atoms with van der Waals surface area (Å²) >= 11 is 3.10. The van der Waals surface area contributed by atoms with E-state index in [-0.39, 0.29) is 17.7 Å². The van der Waals surface area contributed by atoms with Crippen LogP contribution in [0.1, 0.15) is 12.1 Å². The first-order valence-electron chi connectivity index (χ1n) is 6.68. The zero-order valence-electron chi connectivity index (χ0n) is 11.9. The fourth-order valence-electron chi connectivity index (χ4n) is 2.52. The number of oxime groups is 1. The maximum Gasteiger partial charge on any atom is 0.208 e. The van der Waals surface area contributed by atoms with Gasteiger partial charge in [0.2, 0.25) is 5.60 Å². The number of aliphatic hydroxyl groups excluding tert-OH is 1. The largest absolute Gasteiger partial charge is 0.392 e. The smallest absolute Gasteiger partial charge is 0.208 e. The van der Waals surface area contributed by atoms with Gasteiger partial charge in [0.1, 0.15) is 27.9 Å². The average Bonchev–Trinajstić information content (AvgIpc) is 2.89. The molecule has 1 aliphatic rings. The summed E-state index contributed by atoms with van der Waals surface area (Å²) in [6.07, 6.45) is 0.852. The molecule has 4 nitrogen and oxygen atoms in total. The minimum Gasteiger partial charge on any atom is -0.392 e. The fourth-order valence-corrected chi connectivity index (χ4v) is 3.04. The van der Waals surface area contributed by atoms with Crippen LogP contribution >= 0.6 is 15.9 Å². The van der Waals surface area contributed by atoms with Crippen LogP contribution in [0.4, 0.5) is 17.6 Å². The van der Waals surface area contributed by atoms with Crippen molar-refractivity contribution in [2.24, 2.45) is 5.16 Å². The summed E-state index contributed by atoms with van der Waals surface area (Å²) in [7, 11) is 0. The summed E-state index contributed by atoms with van der Waals surface area (Å²) < 4.78 is 55.4. The lowest BCUT2D eigenvalue weighted by Crippen LogP contribution is -2.32. The molecule has 1 aromatic carbocycles. The second-order valence-corrected chi connectivity index (χ2v) is 6.10. The Morgan fingerprint density at radius 1 is 1.12 bits per heavy atom. The van der Waals surface area contributed by atoms with Crippen molar-refractivity contribution < 1.29 is 27.5 Å². The van der Waals surface area contributed by atoms with Gasteiger partial charge in [0.25, 0.3) is 0 Å². The zero-order valence-corrected chi connectivity index (χ0v) is 13.4. The molecule has 1 unspecified atom stereocenters. The maximum absolute atomic E-state index is 14.1. The summed E-state index contributed by atoms with van der Waals surface area (Å²) in [5, 5.41) is 13.4. The molecule has 9 heteroatoms. The molecule has 3 rings (SSSR count). The predicted molar refractivity (Wildman–Crippen MR) is 80.3 cm³/mol. The lowest BCUT2D eigenvalue weighted by Gasteiger charge is -2.26. The van der Waals surface area contributed by atoms with E-state index in [1.165, 1.54) is 0 Å². The molecule has 0 saturated heterocycles. The van der Waals surface area contributed by atoms with Gasteiger partial charge in [-0.1, -0.05) is 5.16 Å². The lowest BCUT2D eigenvalue weighted by molar-refractivity contribution is -0.0646. The highest BCUT2D eigenvalue weighted by Crippen LogP contribution is 2.41. The van der Waals surface area contributed by atoms with E-state index < -0.39 is 41.0 Å². The number of nitrogens with zero attached hydrogens (tertiary/aromatic N) is 2. The molecule has 1 atom stereocenters. The van der Waals surface area contributed by atoms with E-state index >= 15 is 0 Å². The average molecular weight is 405 g/mol. The summed E-state index contributed by atoms with van der Waals surface area (Å²) in [6, 6.07) is 1.79. The van der Waals surface area contributed by atoms with Gasteiger partial charge < -0.3 is 9.94 Å². The fraction of sp³-hybridized carbons (Fsp3) is 0.200. The van der Waals surface area contributed by atoms with Crippen LogP contribution in [-0.4, -0.2) is 21.3 Å². The number of pyridine rings is 1. The predicted octanol–water partition coefficient (Wildman–Crippen LogP) is 3.62. The van der Waals surface area contributed by atoms with E-state index in [0.717, 1.165) is 12.3 Å². The van der Waals surface area contributed by atoms with Gasteiger partial charge in [-0.3, -0.25) is 4.98 Å². The first kappa shape index (κ1) is 16.8. The van der Waals surface area contributed by atoms with Gasteiger partial charge in [-0.25, -0.2) is 17.6 Å². The molecular weight excluding hydrogens is 396 g/mol. The van der Waals surface area contributed by atoms with Crippen molar-refractivity contribution in [1.29, 1.82) is 0 Å². The number of hydrogen-bond acceptors (Lipinski definition) is 4. The summed E-state index contributed by atoms with van der Waals surface area (Å²) in [6.45, 7) is -0.623. The number of rotatable bonds is 3. The third-order valence-corrected chi connectivity index (χ3v) is 3.99. The van der Waals surface area contributed by atoms with Crippen molar-refractivity contribution in [2.45, 2.75) is 12.0 Å². The molecule has 0 saturated carbocycles. The van der Waals surface area contributed by atoms with Crippen molar-refractivity contribution >= 4 is 20.6 Å². The molecule has 0 amide bonds. The number of hydrogen-bond donors (Lipinski definition) is 1. The Morgan fingerprint density at radius 3 is 2.33 bits per heavy atom. The Kier molecular flexibility index (Phi) is 4.31. The van der Waals surface area contributed by atoms with Crippen molar-refractivity contribution in [3.63, 3.8) is 0 Å². The van der Waals surface area contributed by atoms with Crippen LogP contribution in [-0.2, 0) is 10.4 Å². The van der Waals surface area contributed by atoms with Gasteiger partial charge in [0.05, 0.1) is 30.5 Å². The Morgan fingerprint density at radius 2 is 1.79 bits per heavy atom. The van der Waals surface area contributed by atoms with E-state index in [2.05, 4.69) is 26.1 Å². The monoisotopic (exact) mass is 404 g/mol. The third-order valence-electron chi connectivity index (χ3n) is 3.57. The Bertz CT molecular complexity index is 823. The van der Waals surface area contributed by atoms with Crippen LogP contribution in [0.15, 0.2) is 29.6 Å². The summed E-state index contributed by atoms with van der Waals surface area (Å²) in [4.78, 5) is 9.02. The van der Waals surface area contributed by atoms with Crippen LogP contribution in [0.5, 0.6) is 0 Å². The minimum absolute atomic E-state index is 0.0273. The van der Waals surface area contributed by atoms with Gasteiger partial charge in [-0.05, 0) is 22.0 Å². The summed E-state index contributed by atoms with van der Waals surface area (Å²) in [5.74, 6) is -4.43. The molecule has 0 aliphatic carbocycles. The molecule has 1 aliphatic heterocycles. The quantitative estimate of drug-likeness (QED) is 0.794. The number of aromatic nitrogens is 1. The van der Waals surface area contributed by atoms with Gasteiger partial charge in [0, 0.05) is 17.7 Å². The molecule has 0 fully saturated rings. The van der Waals surface area contributed by atoms with Crippen LogP contribution < -0.4 is 0 Å². The highest BCUT2D eigenvalue weighted by atomic mass is 79.9. The molecule has 2 aromatic rings. The summed E-state index contributed by atoms with van der Waals surface area (Å²) in [5.41, 5.74) is -2.61. The van der Waals surface area contributed by atoms with Crippen LogP contribution in [0, 0.1) is 23.3 Å². The maximum atomic E-state index is 14.1. The van der Waals surface area contributed by atoms with Crippen molar-refractivity contribution in [1.82, 2.24) is 4.98 Å². The van der Waals surface area contributed by atoms with E-state index in [1.54, 1.807) is 0 Å². The SMILES string of the molecule is OCC1(c2ncc(F)cc2-c2c(F)cc(F)cc2F)CC(Br)=NO1. The lowest BCUT2D eigenvalue weighted by atomic mass is 9.89. The van der Waals surface area contributed by atoms with Crippen molar-refractivity contribution in [2.75, 3.05) is 6.61 Å². The molecular formula is C15H9BrF4N2O2. The minimum atomic E-state index is -1.53. The Balaban J connectivity index is 2.25. The van der Waals surface area contributed by atoms with Crippen LogP contribution in [0.25, 0.3) is 11.1 Å². The van der Waals surface area contributed by atoms with E-state index in [4.69, 9.17) is 4.84 Å². The van der Waals surface area contributed by atoms with E-state index in [1.807, 2.05) is 0 Å². The standard InChI is InChI=1S/C15H9BrF4N2O2/c16-12-4-15(6-23,24-22-12)14-9(1-8(18)5-21-14)13-10(19)2-7(17)3-11(13)20/h1-3,5,23H,4,6H2. The topological polar surface area (TPSA) is 54.7 Å². The molecule has 2 heterocycles. The molecule has 24 heavy (non-hydrogen) atoms. The van der Waals surface area contributed by atoms with Crippen molar-refractivity contribution in [3.05, 3.63) is 53.4 Å². The first-order valence-corrected chi connectivity index (χ1v) is 7.48. The number of aliphatic hydroxyl groups is 1. The first-order chi connectivity index (χ1) is 11.4. The van der Waals surface area contributed by atoms with Gasteiger partial charge in [-0.2, -0.15) is 0 Å². The van der Waals surface area contributed by atoms with E-state index in [9.17, 15) is 22.7 Å². The highest BCUT2D eigenvalue weighted by molar-refractivity contribution is 9.18. The molecule has 1 aromatic heterocycles. The highest BCUT2D eigenvalue weighted by Gasteiger charge is 2.44. The third kappa shape index (κ3) is 2.78. The second-order valence-electron chi connectivity index (χ2n) is 5.18. The molecule has 0 bridgehead atoms. The molecule has 0 spiro atoms. The molecule has 0 radical (unpaired) electrons. The molecule has 126 valence electrons. The zero-order chi connectivity index (χ0) is 17.5. The Labute approximate surface area is 141 Å².